The van der Waals surface area contributed by atoms with Gasteiger partial charge in [0, 0.05) is 10.6 Å². The number of aryl methyl sites for hydroxylation is 1. The first-order valence-electron chi connectivity index (χ1n) is 8.33. The van der Waals surface area contributed by atoms with Crippen LogP contribution in [0.15, 0.2) is 53.6 Å². The number of rotatable bonds is 6. The largest absolute Gasteiger partial charge is 0.340 e. The Labute approximate surface area is 158 Å². The Balaban J connectivity index is 2.00. The Morgan fingerprint density at radius 2 is 1.81 bits per heavy atom. The summed E-state index contributed by atoms with van der Waals surface area (Å²) in [4.78, 5) is 24.8. The van der Waals surface area contributed by atoms with Crippen molar-refractivity contribution in [2.75, 3.05) is 0 Å². The van der Waals surface area contributed by atoms with Crippen molar-refractivity contribution in [1.82, 2.24) is 10.7 Å². The number of hydrogen-bond acceptors (Lipinski definition) is 3. The van der Waals surface area contributed by atoms with E-state index in [1.807, 2.05) is 45.0 Å². The molecule has 0 bridgehead atoms. The van der Waals surface area contributed by atoms with Gasteiger partial charge in [-0.25, -0.2) is 5.43 Å². The van der Waals surface area contributed by atoms with Crippen LogP contribution >= 0.6 is 11.6 Å². The zero-order valence-corrected chi connectivity index (χ0v) is 15.7. The lowest BCUT2D eigenvalue weighted by atomic mass is 10.0. The first kappa shape index (κ1) is 19.7. The minimum Gasteiger partial charge on any atom is -0.340 e. The topological polar surface area (TPSA) is 70.6 Å². The van der Waals surface area contributed by atoms with Crippen molar-refractivity contribution < 1.29 is 9.59 Å². The minimum absolute atomic E-state index is 0.104. The van der Waals surface area contributed by atoms with E-state index in [2.05, 4.69) is 15.8 Å². The zero-order chi connectivity index (χ0) is 19.1. The van der Waals surface area contributed by atoms with Crippen LogP contribution in [0.1, 0.15) is 35.3 Å². The molecular formula is C20H22ClN3O2. The van der Waals surface area contributed by atoms with Gasteiger partial charge in [-0.15, -0.1) is 0 Å². The molecule has 2 N–H and O–H groups in total. The highest BCUT2D eigenvalue weighted by atomic mass is 35.5. The molecule has 2 amide bonds. The summed E-state index contributed by atoms with van der Waals surface area (Å²) in [5.41, 5.74) is 4.91. The SMILES string of the molecule is Cc1ccc(C=NNC(=O)C(NC(=O)c2cccc(Cl)c2)C(C)C)cc1. The lowest BCUT2D eigenvalue weighted by molar-refractivity contribution is -0.123. The quantitative estimate of drug-likeness (QED) is 0.602. The van der Waals surface area contributed by atoms with Crippen molar-refractivity contribution in [2.45, 2.75) is 26.8 Å². The van der Waals surface area contributed by atoms with E-state index in [4.69, 9.17) is 11.6 Å². The molecule has 2 rings (SSSR count). The number of carbonyl (C=O) groups is 2. The van der Waals surface area contributed by atoms with Crippen molar-refractivity contribution >= 4 is 29.6 Å². The molecule has 136 valence electrons. The van der Waals surface area contributed by atoms with E-state index in [-0.39, 0.29) is 17.7 Å². The Hall–Kier alpha value is -2.66. The molecule has 2 aromatic carbocycles. The van der Waals surface area contributed by atoms with E-state index in [1.54, 1.807) is 30.5 Å². The third kappa shape index (κ3) is 5.70. The molecule has 0 fully saturated rings. The number of carbonyl (C=O) groups excluding carboxylic acids is 2. The highest BCUT2D eigenvalue weighted by Gasteiger charge is 2.24. The standard InChI is InChI=1S/C20H22ClN3O2/c1-13(2)18(23-19(25)16-5-4-6-17(21)11-16)20(26)24-22-12-15-9-7-14(3)8-10-15/h4-13,18H,1-3H3,(H,23,25)(H,24,26). The third-order valence-electron chi connectivity index (χ3n) is 3.79. The molecule has 0 saturated heterocycles. The summed E-state index contributed by atoms with van der Waals surface area (Å²) in [5.74, 6) is -0.838. The Morgan fingerprint density at radius 3 is 2.42 bits per heavy atom. The number of nitrogens with zero attached hydrogens (tertiary/aromatic N) is 1. The molecule has 26 heavy (non-hydrogen) atoms. The Kier molecular flexibility index (Phi) is 6.92. The second kappa shape index (κ2) is 9.15. The van der Waals surface area contributed by atoms with E-state index in [0.717, 1.165) is 11.1 Å². The first-order valence-corrected chi connectivity index (χ1v) is 8.70. The number of nitrogens with one attached hydrogen (secondary N) is 2. The van der Waals surface area contributed by atoms with Crippen molar-refractivity contribution in [1.29, 1.82) is 0 Å². The summed E-state index contributed by atoms with van der Waals surface area (Å²) >= 11 is 5.91. The van der Waals surface area contributed by atoms with Crippen LogP contribution in [-0.2, 0) is 4.79 Å². The van der Waals surface area contributed by atoms with Crippen LogP contribution in [0.2, 0.25) is 5.02 Å². The van der Waals surface area contributed by atoms with Crippen LogP contribution in [0.5, 0.6) is 0 Å². The first-order chi connectivity index (χ1) is 12.4. The monoisotopic (exact) mass is 371 g/mol. The summed E-state index contributed by atoms with van der Waals surface area (Å²) in [7, 11) is 0. The lowest BCUT2D eigenvalue weighted by Crippen LogP contribution is -2.48. The second-order valence-corrected chi connectivity index (χ2v) is 6.79. The molecule has 0 radical (unpaired) electrons. The molecule has 0 aromatic heterocycles. The average Bonchev–Trinajstić information content (AvgIpc) is 2.60. The van der Waals surface area contributed by atoms with Gasteiger partial charge < -0.3 is 5.32 Å². The van der Waals surface area contributed by atoms with Crippen molar-refractivity contribution in [3.63, 3.8) is 0 Å². The molecule has 1 unspecified atom stereocenters. The fraction of sp³-hybridized carbons (Fsp3) is 0.250. The number of halogens is 1. The van der Waals surface area contributed by atoms with E-state index in [0.29, 0.717) is 10.6 Å². The van der Waals surface area contributed by atoms with Gasteiger partial charge in [-0.05, 0) is 36.6 Å². The van der Waals surface area contributed by atoms with E-state index in [9.17, 15) is 9.59 Å². The average molecular weight is 372 g/mol. The molecule has 5 nitrogen and oxygen atoms in total. The summed E-state index contributed by atoms with van der Waals surface area (Å²) in [5, 5.41) is 7.17. The van der Waals surface area contributed by atoms with Crippen molar-refractivity contribution in [3.05, 3.63) is 70.2 Å². The van der Waals surface area contributed by atoms with Crippen LogP contribution in [0.3, 0.4) is 0 Å². The third-order valence-corrected chi connectivity index (χ3v) is 4.02. The van der Waals surface area contributed by atoms with E-state index >= 15 is 0 Å². The fourth-order valence-corrected chi connectivity index (χ4v) is 2.47. The molecule has 0 heterocycles. The Morgan fingerprint density at radius 1 is 1.12 bits per heavy atom. The van der Waals surface area contributed by atoms with Gasteiger partial charge in [0.2, 0.25) is 0 Å². The van der Waals surface area contributed by atoms with E-state index < -0.39 is 6.04 Å². The maximum atomic E-state index is 12.4. The summed E-state index contributed by atoms with van der Waals surface area (Å²) < 4.78 is 0. The molecule has 0 spiro atoms. The molecule has 0 aliphatic carbocycles. The lowest BCUT2D eigenvalue weighted by Gasteiger charge is -2.20. The zero-order valence-electron chi connectivity index (χ0n) is 15.0. The summed E-state index contributed by atoms with van der Waals surface area (Å²) in [6.07, 6.45) is 1.56. The maximum Gasteiger partial charge on any atom is 0.262 e. The maximum absolute atomic E-state index is 12.4. The van der Waals surface area contributed by atoms with Crippen LogP contribution in [0.4, 0.5) is 0 Å². The van der Waals surface area contributed by atoms with Gasteiger partial charge in [-0.1, -0.05) is 61.3 Å². The highest BCUT2D eigenvalue weighted by molar-refractivity contribution is 6.31. The molecule has 0 aliphatic rings. The predicted octanol–water partition coefficient (Wildman–Crippen LogP) is 3.55. The molecule has 0 aliphatic heterocycles. The van der Waals surface area contributed by atoms with Gasteiger partial charge in [-0.3, -0.25) is 9.59 Å². The fourth-order valence-electron chi connectivity index (χ4n) is 2.28. The Bertz CT molecular complexity index is 801. The van der Waals surface area contributed by atoms with E-state index in [1.165, 1.54) is 0 Å². The molecule has 0 saturated carbocycles. The van der Waals surface area contributed by atoms with Gasteiger partial charge >= 0.3 is 0 Å². The van der Waals surface area contributed by atoms with Gasteiger partial charge in [0.25, 0.3) is 11.8 Å². The van der Waals surface area contributed by atoms with Crippen LogP contribution in [0, 0.1) is 12.8 Å². The van der Waals surface area contributed by atoms with Gasteiger partial charge in [0.05, 0.1) is 6.21 Å². The second-order valence-electron chi connectivity index (χ2n) is 6.35. The van der Waals surface area contributed by atoms with Gasteiger partial charge in [-0.2, -0.15) is 5.10 Å². The molecule has 6 heteroatoms. The number of hydrazone groups is 1. The molecule has 2 aromatic rings. The van der Waals surface area contributed by atoms with Crippen LogP contribution in [0.25, 0.3) is 0 Å². The van der Waals surface area contributed by atoms with Crippen molar-refractivity contribution in [2.24, 2.45) is 11.0 Å². The number of hydrogen-bond donors (Lipinski definition) is 2. The number of amides is 2. The van der Waals surface area contributed by atoms with Gasteiger partial charge in [0.1, 0.15) is 6.04 Å². The summed E-state index contributed by atoms with van der Waals surface area (Å²) in [6, 6.07) is 13.6. The summed E-state index contributed by atoms with van der Waals surface area (Å²) in [6.45, 7) is 5.71. The van der Waals surface area contributed by atoms with Crippen LogP contribution in [-0.4, -0.2) is 24.1 Å². The predicted molar refractivity (Wildman–Crippen MR) is 104 cm³/mol. The van der Waals surface area contributed by atoms with Gasteiger partial charge in [0.15, 0.2) is 0 Å². The van der Waals surface area contributed by atoms with Crippen LogP contribution < -0.4 is 10.7 Å². The van der Waals surface area contributed by atoms with Crippen molar-refractivity contribution in [3.8, 4) is 0 Å². The smallest absolute Gasteiger partial charge is 0.262 e. The molecular weight excluding hydrogens is 350 g/mol. The molecule has 1 atom stereocenters. The minimum atomic E-state index is -0.711. The highest BCUT2D eigenvalue weighted by Crippen LogP contribution is 2.11. The number of benzene rings is 2. The normalized spacial score (nSPS) is 12.2.